The Morgan fingerprint density at radius 1 is 1.17 bits per heavy atom. The standard InChI is InChI=1S/C20H18N6O2S/c27-19(23-15-7-5-14(6-8-15)9-26-13-21-12-22-26)11-29-10-18-24-17-4-2-1-3-16(17)20(28)25-18/h1-8,12-13,16H,9-11H2,(H,23,27). The Morgan fingerprint density at radius 2 is 2.03 bits per heavy atom. The molecule has 2 amide bonds. The number of rotatable bonds is 7. The van der Waals surface area contributed by atoms with Crippen LogP contribution in [0.25, 0.3) is 0 Å². The van der Waals surface area contributed by atoms with Gasteiger partial charge >= 0.3 is 0 Å². The molecule has 2 heterocycles. The van der Waals surface area contributed by atoms with Crippen LogP contribution in [0.2, 0.25) is 0 Å². The molecule has 2 aliphatic rings. The molecule has 9 heteroatoms. The number of carbonyl (C=O) groups excluding carboxylic acids is 2. The zero-order valence-electron chi connectivity index (χ0n) is 15.4. The summed E-state index contributed by atoms with van der Waals surface area (Å²) in [5, 5.41) is 6.93. The fraction of sp³-hybridized carbons (Fsp3) is 0.200. The number of amides is 2. The van der Waals surface area contributed by atoms with E-state index in [0.717, 1.165) is 11.3 Å². The van der Waals surface area contributed by atoms with E-state index >= 15 is 0 Å². The lowest BCUT2D eigenvalue weighted by atomic mass is 9.97. The summed E-state index contributed by atoms with van der Waals surface area (Å²) in [5.74, 6) is 0.414. The molecular weight excluding hydrogens is 388 g/mol. The predicted octanol–water partition coefficient (Wildman–Crippen LogP) is 2.12. The van der Waals surface area contributed by atoms with Gasteiger partial charge in [0.05, 0.1) is 23.8 Å². The molecule has 1 aliphatic carbocycles. The van der Waals surface area contributed by atoms with Crippen molar-refractivity contribution in [1.82, 2.24) is 14.8 Å². The summed E-state index contributed by atoms with van der Waals surface area (Å²) in [6, 6.07) is 7.58. The molecule has 0 fully saturated rings. The molecule has 1 aliphatic heterocycles. The van der Waals surface area contributed by atoms with Gasteiger partial charge in [-0.1, -0.05) is 30.4 Å². The van der Waals surface area contributed by atoms with E-state index < -0.39 is 0 Å². The smallest absolute Gasteiger partial charge is 0.260 e. The predicted molar refractivity (Wildman–Crippen MR) is 113 cm³/mol. The van der Waals surface area contributed by atoms with E-state index in [1.807, 2.05) is 42.5 Å². The lowest BCUT2D eigenvalue weighted by Gasteiger charge is -2.17. The quantitative estimate of drug-likeness (QED) is 0.759. The Hall–Kier alpha value is -3.33. The first-order valence-electron chi connectivity index (χ1n) is 9.01. The van der Waals surface area contributed by atoms with Crippen LogP contribution in [0.3, 0.4) is 0 Å². The zero-order valence-corrected chi connectivity index (χ0v) is 16.2. The minimum absolute atomic E-state index is 0.118. The molecule has 1 unspecified atom stereocenters. The van der Waals surface area contributed by atoms with Crippen molar-refractivity contribution < 1.29 is 9.59 Å². The Labute approximate surface area is 171 Å². The summed E-state index contributed by atoms with van der Waals surface area (Å²) >= 11 is 1.37. The maximum Gasteiger partial charge on any atom is 0.260 e. The summed E-state index contributed by atoms with van der Waals surface area (Å²) in [7, 11) is 0. The monoisotopic (exact) mass is 406 g/mol. The number of fused-ring (bicyclic) bond motifs is 1. The number of carbonyl (C=O) groups is 2. The Morgan fingerprint density at radius 3 is 2.83 bits per heavy atom. The number of hydrogen-bond donors (Lipinski definition) is 1. The molecular formula is C20H18N6O2S. The normalized spacial score (nSPS) is 17.5. The minimum atomic E-state index is -0.371. The third-order valence-electron chi connectivity index (χ3n) is 4.28. The molecule has 1 N–H and O–H groups in total. The van der Waals surface area contributed by atoms with E-state index in [4.69, 9.17) is 0 Å². The maximum atomic E-state index is 12.2. The second-order valence-electron chi connectivity index (χ2n) is 6.46. The SMILES string of the molecule is O=C(CSCC1=NC(=O)C2C=CC=CC2=N1)Nc1ccc(Cn2cncn2)cc1. The van der Waals surface area contributed by atoms with Crippen LogP contribution >= 0.6 is 11.8 Å². The number of aromatic nitrogens is 3. The van der Waals surface area contributed by atoms with Crippen LogP contribution in [0, 0.1) is 5.92 Å². The van der Waals surface area contributed by atoms with E-state index in [-0.39, 0.29) is 23.5 Å². The summed E-state index contributed by atoms with van der Waals surface area (Å²) in [4.78, 5) is 36.6. The summed E-state index contributed by atoms with van der Waals surface area (Å²) in [5.41, 5.74) is 2.50. The lowest BCUT2D eigenvalue weighted by molar-refractivity contribution is -0.118. The Kier molecular flexibility index (Phi) is 5.76. The highest BCUT2D eigenvalue weighted by molar-refractivity contribution is 8.00. The van der Waals surface area contributed by atoms with E-state index in [1.165, 1.54) is 18.1 Å². The lowest BCUT2D eigenvalue weighted by Crippen LogP contribution is -2.27. The third kappa shape index (κ3) is 4.94. The first kappa shape index (κ1) is 19.0. The van der Waals surface area contributed by atoms with Crippen molar-refractivity contribution in [3.8, 4) is 0 Å². The molecule has 1 atom stereocenters. The van der Waals surface area contributed by atoms with Gasteiger partial charge in [-0.2, -0.15) is 10.1 Å². The number of hydrogen-bond acceptors (Lipinski definition) is 6. The van der Waals surface area contributed by atoms with Gasteiger partial charge in [0.1, 0.15) is 24.4 Å². The highest BCUT2D eigenvalue weighted by atomic mass is 32.2. The average molecular weight is 406 g/mol. The molecule has 29 heavy (non-hydrogen) atoms. The molecule has 4 rings (SSSR count). The van der Waals surface area contributed by atoms with Crippen LogP contribution in [-0.2, 0) is 16.1 Å². The van der Waals surface area contributed by atoms with Crippen molar-refractivity contribution >= 4 is 40.8 Å². The van der Waals surface area contributed by atoms with E-state index in [9.17, 15) is 9.59 Å². The zero-order chi connectivity index (χ0) is 20.1. The summed E-state index contributed by atoms with van der Waals surface area (Å²) < 4.78 is 1.73. The number of aliphatic imine (C=N–C) groups is 2. The fourth-order valence-electron chi connectivity index (χ4n) is 2.91. The van der Waals surface area contributed by atoms with Crippen molar-refractivity contribution in [2.24, 2.45) is 15.9 Å². The number of anilines is 1. The van der Waals surface area contributed by atoms with Crippen LogP contribution in [0.5, 0.6) is 0 Å². The van der Waals surface area contributed by atoms with Gasteiger partial charge in [-0.3, -0.25) is 9.59 Å². The molecule has 1 aromatic heterocycles. The molecule has 2 aromatic rings. The summed E-state index contributed by atoms with van der Waals surface area (Å²) in [6.07, 6.45) is 10.4. The largest absolute Gasteiger partial charge is 0.325 e. The second kappa shape index (κ2) is 8.78. The molecule has 8 nitrogen and oxygen atoms in total. The molecule has 0 saturated heterocycles. The number of nitrogens with zero attached hydrogens (tertiary/aromatic N) is 5. The molecule has 0 spiro atoms. The number of thioether (sulfide) groups is 1. The van der Waals surface area contributed by atoms with Crippen LogP contribution in [-0.4, -0.2) is 49.6 Å². The van der Waals surface area contributed by atoms with Crippen molar-refractivity contribution in [3.05, 3.63) is 66.8 Å². The molecule has 1 aromatic carbocycles. The fourth-order valence-corrected chi connectivity index (χ4v) is 3.58. The number of nitrogens with one attached hydrogen (secondary N) is 1. The molecule has 0 radical (unpaired) electrons. The number of allylic oxidation sites excluding steroid dienone is 3. The number of amidine groups is 1. The van der Waals surface area contributed by atoms with Gasteiger partial charge in [-0.25, -0.2) is 14.7 Å². The van der Waals surface area contributed by atoms with Gasteiger partial charge in [0.25, 0.3) is 5.91 Å². The van der Waals surface area contributed by atoms with Crippen LogP contribution in [0.1, 0.15) is 5.56 Å². The second-order valence-corrected chi connectivity index (χ2v) is 7.44. The highest BCUT2D eigenvalue weighted by Gasteiger charge is 2.26. The van der Waals surface area contributed by atoms with Crippen molar-refractivity contribution in [1.29, 1.82) is 0 Å². The summed E-state index contributed by atoms with van der Waals surface area (Å²) in [6.45, 7) is 0.624. The van der Waals surface area contributed by atoms with E-state index in [2.05, 4.69) is 25.4 Å². The van der Waals surface area contributed by atoms with Crippen molar-refractivity contribution in [3.63, 3.8) is 0 Å². The van der Waals surface area contributed by atoms with Crippen molar-refractivity contribution in [2.45, 2.75) is 6.54 Å². The average Bonchev–Trinajstić information content (AvgIpc) is 3.23. The van der Waals surface area contributed by atoms with E-state index in [0.29, 0.717) is 23.8 Å². The molecule has 0 bridgehead atoms. The Balaban J connectivity index is 1.24. The van der Waals surface area contributed by atoms with Gasteiger partial charge in [0.15, 0.2) is 0 Å². The van der Waals surface area contributed by atoms with Crippen LogP contribution in [0.4, 0.5) is 5.69 Å². The Bertz CT molecular complexity index is 1020. The minimum Gasteiger partial charge on any atom is -0.325 e. The van der Waals surface area contributed by atoms with E-state index in [1.54, 1.807) is 17.1 Å². The molecule has 146 valence electrons. The molecule has 0 saturated carbocycles. The van der Waals surface area contributed by atoms with Gasteiger partial charge in [-0.05, 0) is 23.8 Å². The first-order chi connectivity index (χ1) is 14.2. The van der Waals surface area contributed by atoms with Crippen LogP contribution < -0.4 is 5.32 Å². The van der Waals surface area contributed by atoms with Gasteiger partial charge in [-0.15, -0.1) is 11.8 Å². The van der Waals surface area contributed by atoms with Gasteiger partial charge < -0.3 is 5.32 Å². The maximum absolute atomic E-state index is 12.2. The van der Waals surface area contributed by atoms with Crippen molar-refractivity contribution in [2.75, 3.05) is 16.8 Å². The first-order valence-corrected chi connectivity index (χ1v) is 10.2. The number of benzene rings is 1. The topological polar surface area (TPSA) is 102 Å². The van der Waals surface area contributed by atoms with Gasteiger partial charge in [0, 0.05) is 5.69 Å². The third-order valence-corrected chi connectivity index (χ3v) is 5.21. The highest BCUT2D eigenvalue weighted by Crippen LogP contribution is 2.18. The van der Waals surface area contributed by atoms with Crippen LogP contribution in [0.15, 0.2) is 71.2 Å². The van der Waals surface area contributed by atoms with Gasteiger partial charge in [0.2, 0.25) is 5.91 Å².